The highest BCUT2D eigenvalue weighted by Crippen LogP contribution is 2.21. The first kappa shape index (κ1) is 16.1. The lowest BCUT2D eigenvalue weighted by Gasteiger charge is -2.06. The van der Waals surface area contributed by atoms with Gasteiger partial charge in [-0.25, -0.2) is 9.37 Å². The Kier molecular flexibility index (Phi) is 4.57. The number of aromatic amines is 1. The van der Waals surface area contributed by atoms with E-state index in [-0.39, 0.29) is 30.2 Å². The number of H-pyrrole nitrogens is 1. The van der Waals surface area contributed by atoms with E-state index < -0.39 is 0 Å². The fourth-order valence-electron chi connectivity index (χ4n) is 2.52. The van der Waals surface area contributed by atoms with Crippen LogP contribution in [0.4, 0.5) is 4.39 Å². The van der Waals surface area contributed by atoms with Gasteiger partial charge in [-0.05, 0) is 18.2 Å². The summed E-state index contributed by atoms with van der Waals surface area (Å²) in [5.41, 5.74) is 1.08. The van der Waals surface area contributed by atoms with Crippen molar-refractivity contribution in [3.63, 3.8) is 0 Å². The molecule has 8 heteroatoms. The van der Waals surface area contributed by atoms with Crippen molar-refractivity contribution in [2.45, 2.75) is 13.0 Å². The Morgan fingerprint density at radius 2 is 2.29 bits per heavy atom. The molecule has 0 saturated carbocycles. The molecule has 24 heavy (non-hydrogen) atoms. The summed E-state index contributed by atoms with van der Waals surface area (Å²) in [6.07, 6.45) is 1.54. The molecule has 2 N–H and O–H groups in total. The number of hydrogen-bond donors (Lipinski definition) is 2. The Morgan fingerprint density at radius 3 is 3.08 bits per heavy atom. The minimum absolute atomic E-state index is 0.158. The number of ether oxygens (including phenoxy) is 1. The van der Waals surface area contributed by atoms with Gasteiger partial charge in [0.25, 0.3) is 5.56 Å². The summed E-state index contributed by atoms with van der Waals surface area (Å²) in [7, 11) is 1.55. The lowest BCUT2D eigenvalue weighted by atomic mass is 10.2. The predicted octanol–water partition coefficient (Wildman–Crippen LogP) is 1.17. The van der Waals surface area contributed by atoms with Crippen LogP contribution in [0.2, 0.25) is 0 Å². The first-order chi connectivity index (χ1) is 11.6. The molecule has 126 valence electrons. The average Bonchev–Trinajstić information content (AvgIpc) is 2.93. The first-order valence-electron chi connectivity index (χ1n) is 7.52. The third-order valence-electron chi connectivity index (χ3n) is 3.74. The van der Waals surface area contributed by atoms with Crippen LogP contribution in [0.25, 0.3) is 21.9 Å². The number of nitrogens with one attached hydrogen (secondary N) is 2. The van der Waals surface area contributed by atoms with E-state index in [2.05, 4.69) is 15.3 Å². The number of rotatable bonds is 6. The van der Waals surface area contributed by atoms with Crippen LogP contribution in [0, 0.1) is 5.82 Å². The zero-order valence-electron chi connectivity index (χ0n) is 13.1. The fourth-order valence-corrected chi connectivity index (χ4v) is 2.52. The highest BCUT2D eigenvalue weighted by Gasteiger charge is 2.12. The van der Waals surface area contributed by atoms with Crippen LogP contribution >= 0.6 is 0 Å². The minimum Gasteiger partial charge on any atom is -0.383 e. The van der Waals surface area contributed by atoms with Crippen molar-refractivity contribution >= 4 is 27.8 Å². The maximum absolute atomic E-state index is 13.4. The molecule has 3 aromatic rings. The molecular formula is C16H17FN4O3. The Morgan fingerprint density at radius 1 is 1.46 bits per heavy atom. The number of hydrogen-bond acceptors (Lipinski definition) is 4. The highest BCUT2D eigenvalue weighted by atomic mass is 19.1. The second-order valence-corrected chi connectivity index (χ2v) is 5.37. The van der Waals surface area contributed by atoms with E-state index >= 15 is 0 Å². The summed E-state index contributed by atoms with van der Waals surface area (Å²) in [6, 6.07) is 4.23. The zero-order chi connectivity index (χ0) is 17.1. The molecule has 0 saturated heterocycles. The Hall–Kier alpha value is -2.74. The molecule has 0 aliphatic heterocycles. The third-order valence-corrected chi connectivity index (χ3v) is 3.74. The number of carbonyl (C=O) groups excluding carboxylic acids is 1. The lowest BCUT2D eigenvalue weighted by molar-refractivity contribution is -0.121. The molecule has 0 aliphatic carbocycles. The summed E-state index contributed by atoms with van der Waals surface area (Å²) < 4.78 is 19.6. The SMILES string of the molecule is COCCNC(=O)CCn1cnc2c([nH]c3ccc(F)cc32)c1=O. The molecule has 1 amide bonds. The summed E-state index contributed by atoms with van der Waals surface area (Å²) in [4.78, 5) is 31.4. The standard InChI is InChI=1S/C16H17FN4O3/c1-24-7-5-18-13(22)4-6-21-9-19-14-11-8-10(17)2-3-12(11)20-15(14)16(21)23/h2-3,8-9,20H,4-7H2,1H3,(H,18,22). The normalized spacial score (nSPS) is 11.2. The van der Waals surface area contributed by atoms with Gasteiger partial charge in [0.05, 0.1) is 12.9 Å². The topological polar surface area (TPSA) is 89.0 Å². The van der Waals surface area contributed by atoms with E-state index in [0.717, 1.165) is 0 Å². The molecule has 2 heterocycles. The van der Waals surface area contributed by atoms with Crippen LogP contribution in [0.1, 0.15) is 6.42 Å². The number of fused-ring (bicyclic) bond motifs is 3. The van der Waals surface area contributed by atoms with Crippen LogP contribution in [-0.4, -0.2) is 40.7 Å². The second-order valence-electron chi connectivity index (χ2n) is 5.37. The van der Waals surface area contributed by atoms with Gasteiger partial charge in [0, 0.05) is 37.5 Å². The maximum atomic E-state index is 13.4. The molecule has 0 atom stereocenters. The molecule has 0 aliphatic rings. The predicted molar refractivity (Wildman–Crippen MR) is 87.3 cm³/mol. The maximum Gasteiger partial charge on any atom is 0.277 e. The van der Waals surface area contributed by atoms with Crippen LogP contribution in [0.3, 0.4) is 0 Å². The average molecular weight is 332 g/mol. The quantitative estimate of drug-likeness (QED) is 0.663. The largest absolute Gasteiger partial charge is 0.383 e. The molecule has 0 radical (unpaired) electrons. The van der Waals surface area contributed by atoms with Gasteiger partial charge in [-0.2, -0.15) is 0 Å². The van der Waals surface area contributed by atoms with E-state index in [1.165, 1.54) is 23.0 Å². The smallest absolute Gasteiger partial charge is 0.277 e. The molecule has 0 unspecified atom stereocenters. The summed E-state index contributed by atoms with van der Waals surface area (Å²) in [5, 5.41) is 3.25. The van der Waals surface area contributed by atoms with Crippen molar-refractivity contribution in [1.82, 2.24) is 19.9 Å². The number of carbonyl (C=O) groups is 1. The van der Waals surface area contributed by atoms with E-state index in [0.29, 0.717) is 35.1 Å². The Labute approximate surface area is 136 Å². The molecule has 7 nitrogen and oxygen atoms in total. The molecule has 2 aromatic heterocycles. The van der Waals surface area contributed by atoms with Gasteiger partial charge in [0.1, 0.15) is 16.9 Å². The van der Waals surface area contributed by atoms with Gasteiger partial charge < -0.3 is 15.0 Å². The van der Waals surface area contributed by atoms with E-state index in [4.69, 9.17) is 4.74 Å². The first-order valence-corrected chi connectivity index (χ1v) is 7.52. The minimum atomic E-state index is -0.387. The van der Waals surface area contributed by atoms with Gasteiger partial charge >= 0.3 is 0 Å². The van der Waals surface area contributed by atoms with E-state index in [1.807, 2.05) is 0 Å². The molecule has 0 spiro atoms. The Bertz CT molecular complexity index is 948. The molecule has 3 rings (SSSR count). The van der Waals surface area contributed by atoms with Crippen LogP contribution < -0.4 is 10.9 Å². The second kappa shape index (κ2) is 6.79. The number of halogens is 1. The van der Waals surface area contributed by atoms with Gasteiger partial charge in [0.15, 0.2) is 0 Å². The van der Waals surface area contributed by atoms with Gasteiger partial charge in [-0.1, -0.05) is 0 Å². The zero-order valence-corrected chi connectivity index (χ0v) is 13.1. The summed E-state index contributed by atoms with van der Waals surface area (Å²) in [6.45, 7) is 1.07. The molecule has 0 bridgehead atoms. The van der Waals surface area contributed by atoms with Gasteiger partial charge in [0.2, 0.25) is 5.91 Å². The number of aryl methyl sites for hydroxylation is 1. The monoisotopic (exact) mass is 332 g/mol. The van der Waals surface area contributed by atoms with E-state index in [9.17, 15) is 14.0 Å². The van der Waals surface area contributed by atoms with Crippen LogP contribution in [-0.2, 0) is 16.1 Å². The van der Waals surface area contributed by atoms with Crippen molar-refractivity contribution in [3.8, 4) is 0 Å². The van der Waals surface area contributed by atoms with E-state index in [1.54, 1.807) is 13.2 Å². The number of methoxy groups -OCH3 is 1. The highest BCUT2D eigenvalue weighted by molar-refractivity contribution is 6.04. The van der Waals surface area contributed by atoms with Crippen LogP contribution in [0.15, 0.2) is 29.3 Å². The van der Waals surface area contributed by atoms with Crippen molar-refractivity contribution in [2.24, 2.45) is 0 Å². The molecular weight excluding hydrogens is 315 g/mol. The van der Waals surface area contributed by atoms with Gasteiger partial charge in [-0.3, -0.25) is 14.2 Å². The number of amides is 1. The summed E-state index contributed by atoms with van der Waals surface area (Å²) >= 11 is 0. The van der Waals surface area contributed by atoms with Crippen molar-refractivity contribution in [1.29, 1.82) is 0 Å². The Balaban J connectivity index is 1.83. The fraction of sp³-hybridized carbons (Fsp3) is 0.312. The lowest BCUT2D eigenvalue weighted by Crippen LogP contribution is -2.29. The number of aromatic nitrogens is 3. The third kappa shape index (κ3) is 3.13. The van der Waals surface area contributed by atoms with Gasteiger partial charge in [-0.15, -0.1) is 0 Å². The van der Waals surface area contributed by atoms with Crippen molar-refractivity contribution in [2.75, 3.05) is 20.3 Å². The number of nitrogens with zero attached hydrogens (tertiary/aromatic N) is 2. The summed E-state index contributed by atoms with van der Waals surface area (Å²) in [5.74, 6) is -0.556. The van der Waals surface area contributed by atoms with Crippen LogP contribution in [0.5, 0.6) is 0 Å². The molecule has 0 fully saturated rings. The molecule has 1 aromatic carbocycles. The van der Waals surface area contributed by atoms with Crippen molar-refractivity contribution in [3.05, 3.63) is 40.7 Å². The number of benzene rings is 1. The van der Waals surface area contributed by atoms with Crippen molar-refractivity contribution < 1.29 is 13.9 Å².